The highest BCUT2D eigenvalue weighted by molar-refractivity contribution is 14.0. The molecule has 0 aromatic heterocycles. The molecule has 28 heavy (non-hydrogen) atoms. The number of carbonyl (C=O) groups excluding carboxylic acids is 1. The Morgan fingerprint density at radius 2 is 1.96 bits per heavy atom. The van der Waals surface area contributed by atoms with Gasteiger partial charge in [-0.05, 0) is 38.0 Å². The Bertz CT molecular complexity index is 627. The number of carbonyl (C=O) groups is 1. The van der Waals surface area contributed by atoms with Crippen LogP contribution in [0.5, 0.6) is 0 Å². The van der Waals surface area contributed by atoms with E-state index in [0.29, 0.717) is 32.6 Å². The SMILES string of the molecule is CCCNC(=O)CCN=C(NCC)N1CC(C)OC(c2ccc(F)cc2)C1.I. The first kappa shape index (κ1) is 24.6. The van der Waals surface area contributed by atoms with Crippen molar-refractivity contribution >= 4 is 35.8 Å². The highest BCUT2D eigenvalue weighted by atomic mass is 127. The topological polar surface area (TPSA) is 66.0 Å². The van der Waals surface area contributed by atoms with E-state index in [9.17, 15) is 9.18 Å². The lowest BCUT2D eigenvalue weighted by atomic mass is 10.1. The van der Waals surface area contributed by atoms with E-state index in [0.717, 1.165) is 24.5 Å². The molecule has 8 heteroatoms. The second-order valence-electron chi connectivity index (χ2n) is 6.73. The Kier molecular flexibility index (Phi) is 11.4. The molecule has 1 fully saturated rings. The molecule has 0 spiro atoms. The van der Waals surface area contributed by atoms with Crippen molar-refractivity contribution in [1.82, 2.24) is 15.5 Å². The normalized spacial score (nSPS) is 19.7. The summed E-state index contributed by atoms with van der Waals surface area (Å²) in [6, 6.07) is 6.43. The van der Waals surface area contributed by atoms with Crippen molar-refractivity contribution in [3.05, 3.63) is 35.6 Å². The summed E-state index contributed by atoms with van der Waals surface area (Å²) in [7, 11) is 0. The van der Waals surface area contributed by atoms with Crippen molar-refractivity contribution in [2.75, 3.05) is 32.7 Å². The number of rotatable bonds is 7. The number of guanidine groups is 1. The van der Waals surface area contributed by atoms with Crippen molar-refractivity contribution in [2.45, 2.75) is 45.8 Å². The van der Waals surface area contributed by atoms with Crippen LogP contribution >= 0.6 is 24.0 Å². The number of aliphatic imine (C=N–C) groups is 1. The Hall–Kier alpha value is -1.42. The van der Waals surface area contributed by atoms with Gasteiger partial charge in [-0.2, -0.15) is 0 Å². The van der Waals surface area contributed by atoms with E-state index >= 15 is 0 Å². The monoisotopic (exact) mass is 506 g/mol. The van der Waals surface area contributed by atoms with Crippen molar-refractivity contribution in [1.29, 1.82) is 0 Å². The van der Waals surface area contributed by atoms with Gasteiger partial charge in [0, 0.05) is 26.1 Å². The van der Waals surface area contributed by atoms with Gasteiger partial charge in [0.25, 0.3) is 0 Å². The van der Waals surface area contributed by atoms with Crippen LogP contribution in [0, 0.1) is 5.82 Å². The molecule has 1 heterocycles. The number of ether oxygens (including phenoxy) is 1. The zero-order chi connectivity index (χ0) is 19.6. The highest BCUT2D eigenvalue weighted by Gasteiger charge is 2.28. The standard InChI is InChI=1S/C20H31FN4O2.HI/c1-4-11-23-19(26)10-12-24-20(22-5-2)25-13-15(3)27-18(14-25)16-6-8-17(21)9-7-16;/h6-9,15,18H,4-5,10-14H2,1-3H3,(H,22,24)(H,23,26);1H. The third-order valence-electron chi connectivity index (χ3n) is 4.31. The van der Waals surface area contributed by atoms with E-state index in [1.807, 2.05) is 20.8 Å². The van der Waals surface area contributed by atoms with Gasteiger partial charge in [0.1, 0.15) is 11.9 Å². The van der Waals surface area contributed by atoms with Gasteiger partial charge in [-0.3, -0.25) is 9.79 Å². The molecule has 6 nitrogen and oxygen atoms in total. The third-order valence-corrected chi connectivity index (χ3v) is 4.31. The molecule has 2 atom stereocenters. The lowest BCUT2D eigenvalue weighted by molar-refractivity contribution is -0.120. The molecule has 0 bridgehead atoms. The minimum Gasteiger partial charge on any atom is -0.367 e. The lowest BCUT2D eigenvalue weighted by Crippen LogP contribution is -2.50. The van der Waals surface area contributed by atoms with E-state index in [-0.39, 0.29) is 47.9 Å². The summed E-state index contributed by atoms with van der Waals surface area (Å²) in [4.78, 5) is 18.5. The Balaban J connectivity index is 0.00000392. The van der Waals surface area contributed by atoms with Crippen LogP contribution in [0.2, 0.25) is 0 Å². The zero-order valence-corrected chi connectivity index (χ0v) is 19.2. The van der Waals surface area contributed by atoms with Crippen LogP contribution in [0.1, 0.15) is 45.3 Å². The average Bonchev–Trinajstić information content (AvgIpc) is 2.65. The maximum atomic E-state index is 13.2. The minimum absolute atomic E-state index is 0. The van der Waals surface area contributed by atoms with E-state index in [1.165, 1.54) is 12.1 Å². The van der Waals surface area contributed by atoms with Gasteiger partial charge < -0.3 is 20.3 Å². The number of hydrogen-bond acceptors (Lipinski definition) is 3. The Labute approximate surface area is 184 Å². The van der Waals surface area contributed by atoms with Gasteiger partial charge in [0.15, 0.2) is 5.96 Å². The van der Waals surface area contributed by atoms with E-state index in [2.05, 4.69) is 20.5 Å². The molecule has 0 aliphatic carbocycles. The first-order valence-electron chi connectivity index (χ1n) is 9.74. The number of benzene rings is 1. The largest absolute Gasteiger partial charge is 0.367 e. The van der Waals surface area contributed by atoms with Crippen LogP contribution in [0.3, 0.4) is 0 Å². The molecule has 2 unspecified atom stereocenters. The van der Waals surface area contributed by atoms with Crippen LogP contribution in [0.15, 0.2) is 29.3 Å². The molecule has 0 saturated carbocycles. The molecular weight excluding hydrogens is 474 g/mol. The summed E-state index contributed by atoms with van der Waals surface area (Å²) in [5.41, 5.74) is 0.947. The summed E-state index contributed by atoms with van der Waals surface area (Å²) in [6.07, 6.45) is 1.17. The second-order valence-corrected chi connectivity index (χ2v) is 6.73. The van der Waals surface area contributed by atoms with Crippen LogP contribution < -0.4 is 10.6 Å². The molecule has 2 rings (SSSR count). The number of halogens is 2. The second kappa shape index (κ2) is 12.9. The maximum Gasteiger partial charge on any atom is 0.221 e. The van der Waals surface area contributed by atoms with Crippen molar-refractivity contribution < 1.29 is 13.9 Å². The van der Waals surface area contributed by atoms with Gasteiger partial charge in [-0.25, -0.2) is 4.39 Å². The van der Waals surface area contributed by atoms with Gasteiger partial charge >= 0.3 is 0 Å². The van der Waals surface area contributed by atoms with Gasteiger partial charge in [0.2, 0.25) is 5.91 Å². The molecule has 1 aliphatic heterocycles. The molecule has 1 aliphatic rings. The summed E-state index contributed by atoms with van der Waals surface area (Å²) in [5, 5.41) is 6.16. The molecule has 0 radical (unpaired) electrons. The summed E-state index contributed by atoms with van der Waals surface area (Å²) in [6.45, 7) is 9.28. The lowest BCUT2D eigenvalue weighted by Gasteiger charge is -2.38. The van der Waals surface area contributed by atoms with Gasteiger partial charge in [-0.1, -0.05) is 19.1 Å². The van der Waals surface area contributed by atoms with E-state index in [1.54, 1.807) is 12.1 Å². The summed E-state index contributed by atoms with van der Waals surface area (Å²) in [5.74, 6) is 0.551. The predicted octanol–water partition coefficient (Wildman–Crippen LogP) is 3.09. The fraction of sp³-hybridized carbons (Fsp3) is 0.600. The molecule has 2 N–H and O–H groups in total. The van der Waals surface area contributed by atoms with Crippen molar-refractivity contribution in [2.24, 2.45) is 4.99 Å². The van der Waals surface area contributed by atoms with Crippen molar-refractivity contribution in [3.8, 4) is 0 Å². The number of nitrogens with one attached hydrogen (secondary N) is 2. The molecule has 1 aromatic carbocycles. The summed E-state index contributed by atoms with van der Waals surface area (Å²) < 4.78 is 19.3. The molecule has 158 valence electrons. The van der Waals surface area contributed by atoms with Crippen LogP contribution in [0.4, 0.5) is 4.39 Å². The quantitative estimate of drug-likeness (QED) is 0.339. The third kappa shape index (κ3) is 7.90. The van der Waals surface area contributed by atoms with Gasteiger partial charge in [-0.15, -0.1) is 24.0 Å². The number of amides is 1. The van der Waals surface area contributed by atoms with Crippen molar-refractivity contribution in [3.63, 3.8) is 0 Å². The molecule has 1 amide bonds. The smallest absolute Gasteiger partial charge is 0.221 e. The maximum absolute atomic E-state index is 13.2. The number of morpholine rings is 1. The molecular formula is C20H32FIN4O2. The van der Waals surface area contributed by atoms with Gasteiger partial charge in [0.05, 0.1) is 19.2 Å². The number of hydrogen-bond donors (Lipinski definition) is 2. The van der Waals surface area contributed by atoms with Crippen LogP contribution in [-0.2, 0) is 9.53 Å². The predicted molar refractivity (Wildman–Crippen MR) is 121 cm³/mol. The highest BCUT2D eigenvalue weighted by Crippen LogP contribution is 2.25. The van der Waals surface area contributed by atoms with Crippen LogP contribution in [0.25, 0.3) is 0 Å². The molecule has 1 saturated heterocycles. The van der Waals surface area contributed by atoms with E-state index in [4.69, 9.17) is 4.74 Å². The average molecular weight is 506 g/mol. The Morgan fingerprint density at radius 1 is 1.25 bits per heavy atom. The fourth-order valence-electron chi connectivity index (χ4n) is 3.03. The zero-order valence-electron chi connectivity index (χ0n) is 16.9. The first-order valence-corrected chi connectivity index (χ1v) is 9.74. The van der Waals surface area contributed by atoms with E-state index < -0.39 is 0 Å². The molecule has 1 aromatic rings. The first-order chi connectivity index (χ1) is 13.0. The Morgan fingerprint density at radius 3 is 2.61 bits per heavy atom. The summed E-state index contributed by atoms with van der Waals surface area (Å²) >= 11 is 0. The number of nitrogens with zero attached hydrogens (tertiary/aromatic N) is 2. The fourth-order valence-corrected chi connectivity index (χ4v) is 3.03. The van der Waals surface area contributed by atoms with Crippen LogP contribution in [-0.4, -0.2) is 55.6 Å². The minimum atomic E-state index is -0.254.